The van der Waals surface area contributed by atoms with E-state index in [-0.39, 0.29) is 0 Å². The van der Waals surface area contributed by atoms with Crippen molar-refractivity contribution in [3.63, 3.8) is 0 Å². The Labute approximate surface area is 113 Å². The molecule has 3 rings (SSSR count). The Kier molecular flexibility index (Phi) is 3.80. The minimum Gasteiger partial charge on any atom is -0.298 e. The summed E-state index contributed by atoms with van der Waals surface area (Å²) in [5, 5.41) is 5.86. The number of benzene rings is 1. The number of hydrogen-bond acceptors (Lipinski definition) is 3. The average molecular weight is 259 g/mol. The highest BCUT2D eigenvalue weighted by molar-refractivity contribution is 5.81. The van der Waals surface area contributed by atoms with E-state index in [0.29, 0.717) is 12.6 Å². The molecule has 1 aromatic carbocycles. The van der Waals surface area contributed by atoms with Crippen LogP contribution in [0.15, 0.2) is 24.3 Å². The fourth-order valence-electron chi connectivity index (χ4n) is 2.80. The molecule has 0 atom stereocenters. The van der Waals surface area contributed by atoms with Gasteiger partial charge in [-0.1, -0.05) is 31.0 Å². The van der Waals surface area contributed by atoms with Crippen molar-refractivity contribution in [1.82, 2.24) is 15.3 Å². The summed E-state index contributed by atoms with van der Waals surface area (Å²) in [5.74, 6) is 0. The van der Waals surface area contributed by atoms with Gasteiger partial charge in [0.2, 0.25) is 0 Å². The second-order valence-corrected chi connectivity index (χ2v) is 5.13. The fourth-order valence-corrected chi connectivity index (χ4v) is 2.80. The standard InChI is InChI=1S/C15H21N3O/c1-2-18-15-10-6-5-9-13(15)14(17-18)11-16-19-12-7-3-4-8-12/h5-6,9-10,12,16H,2-4,7-8,11H2,1H3. The van der Waals surface area contributed by atoms with Gasteiger partial charge in [0, 0.05) is 11.9 Å². The zero-order chi connectivity index (χ0) is 13.1. The number of aromatic nitrogens is 2. The van der Waals surface area contributed by atoms with Crippen molar-refractivity contribution in [3.8, 4) is 0 Å². The van der Waals surface area contributed by atoms with E-state index in [1.165, 1.54) is 36.6 Å². The summed E-state index contributed by atoms with van der Waals surface area (Å²) in [4.78, 5) is 5.70. The molecule has 0 amide bonds. The Morgan fingerprint density at radius 1 is 1.32 bits per heavy atom. The topological polar surface area (TPSA) is 39.1 Å². The number of nitrogens with zero attached hydrogens (tertiary/aromatic N) is 2. The van der Waals surface area contributed by atoms with Crippen LogP contribution < -0.4 is 5.48 Å². The molecule has 1 saturated carbocycles. The monoisotopic (exact) mass is 259 g/mol. The number of hydroxylamine groups is 1. The molecule has 1 aromatic heterocycles. The zero-order valence-electron chi connectivity index (χ0n) is 11.4. The normalized spacial score (nSPS) is 16.5. The van der Waals surface area contributed by atoms with Gasteiger partial charge in [-0.25, -0.2) is 0 Å². The maximum Gasteiger partial charge on any atom is 0.0864 e. The summed E-state index contributed by atoms with van der Waals surface area (Å²) in [7, 11) is 0. The molecule has 4 nitrogen and oxygen atoms in total. The largest absolute Gasteiger partial charge is 0.298 e. The molecule has 0 bridgehead atoms. The van der Waals surface area contributed by atoms with Crippen molar-refractivity contribution >= 4 is 10.9 Å². The first-order valence-corrected chi connectivity index (χ1v) is 7.21. The van der Waals surface area contributed by atoms with Crippen LogP contribution in [0.3, 0.4) is 0 Å². The molecule has 1 heterocycles. The molecule has 1 aliphatic rings. The average Bonchev–Trinajstić information content (AvgIpc) is 3.07. The minimum atomic E-state index is 0.388. The van der Waals surface area contributed by atoms with Crippen LogP contribution in [0.1, 0.15) is 38.3 Å². The van der Waals surface area contributed by atoms with Gasteiger partial charge in [0.25, 0.3) is 0 Å². The summed E-state index contributed by atoms with van der Waals surface area (Å²) in [6.45, 7) is 3.68. The maximum atomic E-state index is 5.70. The second-order valence-electron chi connectivity index (χ2n) is 5.13. The van der Waals surface area contributed by atoms with E-state index < -0.39 is 0 Å². The molecular weight excluding hydrogens is 238 g/mol. The third-order valence-electron chi connectivity index (χ3n) is 3.83. The summed E-state index contributed by atoms with van der Waals surface area (Å²) in [5.41, 5.74) is 5.36. The lowest BCUT2D eigenvalue weighted by Crippen LogP contribution is -2.21. The summed E-state index contributed by atoms with van der Waals surface area (Å²) in [6.07, 6.45) is 5.33. The van der Waals surface area contributed by atoms with Gasteiger partial charge in [-0.05, 0) is 25.8 Å². The predicted molar refractivity (Wildman–Crippen MR) is 75.6 cm³/mol. The first-order chi connectivity index (χ1) is 9.38. The van der Waals surface area contributed by atoms with Crippen molar-refractivity contribution in [1.29, 1.82) is 0 Å². The number of hydrogen-bond donors (Lipinski definition) is 1. The van der Waals surface area contributed by atoms with Crippen LogP contribution in [-0.2, 0) is 17.9 Å². The van der Waals surface area contributed by atoms with Crippen molar-refractivity contribution in [2.24, 2.45) is 0 Å². The smallest absolute Gasteiger partial charge is 0.0864 e. The molecule has 102 valence electrons. The number of nitrogens with one attached hydrogen (secondary N) is 1. The Bertz CT molecular complexity index is 543. The van der Waals surface area contributed by atoms with Crippen molar-refractivity contribution in [2.45, 2.75) is 51.8 Å². The van der Waals surface area contributed by atoms with Crippen LogP contribution in [0.25, 0.3) is 10.9 Å². The number of para-hydroxylation sites is 1. The highest BCUT2D eigenvalue weighted by Crippen LogP contribution is 2.21. The molecule has 0 spiro atoms. The van der Waals surface area contributed by atoms with E-state index in [4.69, 9.17) is 4.84 Å². The molecule has 0 unspecified atom stereocenters. The fraction of sp³-hybridized carbons (Fsp3) is 0.533. The Morgan fingerprint density at radius 3 is 2.89 bits per heavy atom. The molecule has 1 aliphatic carbocycles. The van der Waals surface area contributed by atoms with Gasteiger partial charge in [0.1, 0.15) is 0 Å². The van der Waals surface area contributed by atoms with Crippen LogP contribution >= 0.6 is 0 Å². The van der Waals surface area contributed by atoms with Gasteiger partial charge in [0.05, 0.1) is 23.9 Å². The van der Waals surface area contributed by atoms with Gasteiger partial charge in [0.15, 0.2) is 0 Å². The molecular formula is C15H21N3O. The highest BCUT2D eigenvalue weighted by Gasteiger charge is 2.16. The summed E-state index contributed by atoms with van der Waals surface area (Å²) in [6, 6.07) is 8.36. The SMILES string of the molecule is CCn1nc(CNOC2CCCC2)c2ccccc21. The third kappa shape index (κ3) is 2.65. The molecule has 4 heteroatoms. The van der Waals surface area contributed by atoms with Gasteiger partial charge < -0.3 is 0 Å². The molecule has 19 heavy (non-hydrogen) atoms. The van der Waals surface area contributed by atoms with Crippen molar-refractivity contribution in [3.05, 3.63) is 30.0 Å². The summed E-state index contributed by atoms with van der Waals surface area (Å²) < 4.78 is 2.04. The number of rotatable bonds is 5. The Morgan fingerprint density at radius 2 is 2.11 bits per heavy atom. The first-order valence-electron chi connectivity index (χ1n) is 7.21. The van der Waals surface area contributed by atoms with E-state index in [9.17, 15) is 0 Å². The highest BCUT2D eigenvalue weighted by atomic mass is 16.7. The minimum absolute atomic E-state index is 0.388. The maximum absolute atomic E-state index is 5.70. The summed E-state index contributed by atoms with van der Waals surface area (Å²) >= 11 is 0. The van der Waals surface area contributed by atoms with Gasteiger partial charge >= 0.3 is 0 Å². The molecule has 1 N–H and O–H groups in total. The van der Waals surface area contributed by atoms with Crippen LogP contribution in [0.5, 0.6) is 0 Å². The first kappa shape index (κ1) is 12.6. The van der Waals surface area contributed by atoms with E-state index in [1.54, 1.807) is 0 Å². The van der Waals surface area contributed by atoms with Gasteiger partial charge in [-0.3, -0.25) is 9.52 Å². The molecule has 0 saturated heterocycles. The van der Waals surface area contributed by atoms with Crippen LogP contribution in [0, 0.1) is 0 Å². The van der Waals surface area contributed by atoms with E-state index in [1.807, 2.05) is 4.68 Å². The Balaban J connectivity index is 1.69. The van der Waals surface area contributed by atoms with E-state index >= 15 is 0 Å². The van der Waals surface area contributed by atoms with Gasteiger partial charge in [-0.2, -0.15) is 10.6 Å². The lowest BCUT2D eigenvalue weighted by atomic mass is 10.2. The van der Waals surface area contributed by atoms with Crippen LogP contribution in [0.2, 0.25) is 0 Å². The van der Waals surface area contributed by atoms with Crippen LogP contribution in [0.4, 0.5) is 0 Å². The third-order valence-corrected chi connectivity index (χ3v) is 3.83. The lowest BCUT2D eigenvalue weighted by Gasteiger charge is -2.10. The molecule has 2 aromatic rings. The number of fused-ring (bicyclic) bond motifs is 1. The molecule has 0 radical (unpaired) electrons. The zero-order valence-corrected chi connectivity index (χ0v) is 11.4. The Hall–Kier alpha value is -1.39. The second kappa shape index (κ2) is 5.72. The lowest BCUT2D eigenvalue weighted by molar-refractivity contribution is -0.0248. The van der Waals surface area contributed by atoms with Crippen molar-refractivity contribution < 1.29 is 4.84 Å². The quantitative estimate of drug-likeness (QED) is 0.839. The predicted octanol–water partition coefficient (Wildman–Crippen LogP) is 3.02. The number of aryl methyl sites for hydroxylation is 1. The van der Waals surface area contributed by atoms with E-state index in [2.05, 4.69) is 41.8 Å². The van der Waals surface area contributed by atoms with Gasteiger partial charge in [-0.15, -0.1) is 0 Å². The van der Waals surface area contributed by atoms with Crippen LogP contribution in [-0.4, -0.2) is 15.9 Å². The van der Waals surface area contributed by atoms with Crippen molar-refractivity contribution in [2.75, 3.05) is 0 Å². The molecule has 1 fully saturated rings. The van der Waals surface area contributed by atoms with E-state index in [0.717, 1.165) is 12.2 Å². The molecule has 0 aliphatic heterocycles.